The fraction of sp³-hybridized carbons (Fsp3) is 0.0909. The van der Waals surface area contributed by atoms with Crippen LogP contribution in [0.3, 0.4) is 0 Å². The summed E-state index contributed by atoms with van der Waals surface area (Å²) in [5, 5.41) is 11.5. The molecule has 0 fully saturated rings. The Hall–Kier alpha value is -4.00. The highest BCUT2D eigenvalue weighted by molar-refractivity contribution is 6.02. The van der Waals surface area contributed by atoms with E-state index in [0.717, 1.165) is 11.3 Å². The Labute approximate surface area is 167 Å². The van der Waals surface area contributed by atoms with Gasteiger partial charge >= 0.3 is 0 Å². The van der Waals surface area contributed by atoms with Crippen LogP contribution in [0.25, 0.3) is 5.69 Å². The van der Waals surface area contributed by atoms with Gasteiger partial charge in [0.05, 0.1) is 17.9 Å². The van der Waals surface area contributed by atoms with Crippen molar-refractivity contribution < 1.29 is 4.79 Å². The molecule has 0 aliphatic rings. The number of carbonyl (C=O) groups excluding carboxylic acids is 1. The van der Waals surface area contributed by atoms with Crippen molar-refractivity contribution in [3.63, 3.8) is 0 Å². The minimum absolute atomic E-state index is 0.138. The SMILES string of the molecule is Cc1cc(NC(=O)c2ccc(=O)n(-c3ccccc3)n2)n(Cc2ccccc2)n1. The molecule has 7 heteroatoms. The number of anilines is 1. The number of benzene rings is 2. The quantitative estimate of drug-likeness (QED) is 0.572. The van der Waals surface area contributed by atoms with Crippen LogP contribution < -0.4 is 10.9 Å². The van der Waals surface area contributed by atoms with Gasteiger partial charge in [0, 0.05) is 12.1 Å². The van der Waals surface area contributed by atoms with Crippen LogP contribution in [0.2, 0.25) is 0 Å². The number of hydrogen-bond donors (Lipinski definition) is 1. The van der Waals surface area contributed by atoms with Crippen molar-refractivity contribution in [1.29, 1.82) is 0 Å². The van der Waals surface area contributed by atoms with E-state index in [4.69, 9.17) is 0 Å². The van der Waals surface area contributed by atoms with Crippen molar-refractivity contribution in [1.82, 2.24) is 19.6 Å². The zero-order valence-corrected chi connectivity index (χ0v) is 15.8. The lowest BCUT2D eigenvalue weighted by molar-refractivity contribution is 0.101. The minimum Gasteiger partial charge on any atom is -0.305 e. The van der Waals surface area contributed by atoms with Gasteiger partial charge in [-0.2, -0.15) is 14.9 Å². The molecule has 0 atom stereocenters. The molecule has 7 nitrogen and oxygen atoms in total. The van der Waals surface area contributed by atoms with E-state index in [1.807, 2.05) is 43.3 Å². The number of nitrogens with zero attached hydrogens (tertiary/aromatic N) is 4. The molecule has 0 unspecified atom stereocenters. The highest BCUT2D eigenvalue weighted by atomic mass is 16.2. The van der Waals surface area contributed by atoms with Crippen LogP contribution >= 0.6 is 0 Å². The van der Waals surface area contributed by atoms with E-state index in [2.05, 4.69) is 15.5 Å². The third-order valence-corrected chi connectivity index (χ3v) is 4.35. The fourth-order valence-corrected chi connectivity index (χ4v) is 2.99. The third-order valence-electron chi connectivity index (χ3n) is 4.35. The van der Waals surface area contributed by atoms with Crippen LogP contribution in [0, 0.1) is 6.92 Å². The molecule has 4 rings (SSSR count). The molecule has 2 aromatic heterocycles. The molecule has 0 aliphatic carbocycles. The first kappa shape index (κ1) is 18.4. The van der Waals surface area contributed by atoms with Crippen LogP contribution in [0.1, 0.15) is 21.7 Å². The Balaban J connectivity index is 1.60. The maximum atomic E-state index is 12.8. The van der Waals surface area contributed by atoms with E-state index in [0.29, 0.717) is 18.1 Å². The summed E-state index contributed by atoms with van der Waals surface area (Å²) < 4.78 is 2.94. The Bertz CT molecular complexity index is 1200. The molecule has 0 aliphatic heterocycles. The number of hydrogen-bond acceptors (Lipinski definition) is 4. The van der Waals surface area contributed by atoms with E-state index < -0.39 is 5.91 Å². The standard InChI is InChI=1S/C22H19N5O2/c1-16-14-20(26(24-16)15-17-8-4-2-5-9-17)23-22(29)19-12-13-21(28)27(25-19)18-10-6-3-7-11-18/h2-14H,15H2,1H3,(H,23,29). The summed E-state index contributed by atoms with van der Waals surface area (Å²) in [7, 11) is 0. The average Bonchev–Trinajstić information content (AvgIpc) is 3.08. The summed E-state index contributed by atoms with van der Waals surface area (Å²) in [5.41, 5.74) is 2.29. The second kappa shape index (κ2) is 7.93. The smallest absolute Gasteiger partial charge is 0.277 e. The molecule has 144 valence electrons. The second-order valence-electron chi connectivity index (χ2n) is 6.57. The number of rotatable bonds is 5. The average molecular weight is 385 g/mol. The van der Waals surface area contributed by atoms with Gasteiger partial charge in [0.25, 0.3) is 11.5 Å². The Kier molecular flexibility index (Phi) is 5.03. The lowest BCUT2D eigenvalue weighted by Gasteiger charge is -2.10. The number of amides is 1. The zero-order valence-electron chi connectivity index (χ0n) is 15.8. The lowest BCUT2D eigenvalue weighted by atomic mass is 10.2. The number of nitrogens with one attached hydrogen (secondary N) is 1. The van der Waals surface area contributed by atoms with Crippen molar-refractivity contribution in [2.45, 2.75) is 13.5 Å². The lowest BCUT2D eigenvalue weighted by Crippen LogP contribution is -2.25. The highest BCUT2D eigenvalue weighted by Gasteiger charge is 2.14. The van der Waals surface area contributed by atoms with Crippen molar-refractivity contribution in [2.24, 2.45) is 0 Å². The van der Waals surface area contributed by atoms with Gasteiger partial charge < -0.3 is 5.32 Å². The van der Waals surface area contributed by atoms with Crippen LogP contribution in [0.5, 0.6) is 0 Å². The number of aromatic nitrogens is 4. The summed E-state index contributed by atoms with van der Waals surface area (Å²) in [4.78, 5) is 25.0. The molecule has 1 amide bonds. The first-order chi connectivity index (χ1) is 14.1. The van der Waals surface area contributed by atoms with Gasteiger partial charge in [0.15, 0.2) is 0 Å². The minimum atomic E-state index is -0.413. The predicted molar refractivity (Wildman–Crippen MR) is 110 cm³/mol. The van der Waals surface area contributed by atoms with Gasteiger partial charge in [-0.05, 0) is 30.7 Å². The van der Waals surface area contributed by atoms with E-state index >= 15 is 0 Å². The number of para-hydroxylation sites is 1. The highest BCUT2D eigenvalue weighted by Crippen LogP contribution is 2.14. The van der Waals surface area contributed by atoms with Gasteiger partial charge in [0.2, 0.25) is 0 Å². The Morgan fingerprint density at radius 3 is 2.34 bits per heavy atom. The number of carbonyl (C=O) groups is 1. The molecule has 0 saturated heterocycles. The van der Waals surface area contributed by atoms with Gasteiger partial charge in [-0.3, -0.25) is 9.59 Å². The maximum Gasteiger partial charge on any atom is 0.277 e. The number of aryl methyl sites for hydroxylation is 1. The van der Waals surface area contributed by atoms with Crippen molar-refractivity contribution in [3.8, 4) is 5.69 Å². The second-order valence-corrected chi connectivity index (χ2v) is 6.57. The maximum absolute atomic E-state index is 12.8. The summed E-state index contributed by atoms with van der Waals surface area (Å²) in [6, 6.07) is 23.4. The van der Waals surface area contributed by atoms with Crippen LogP contribution in [-0.2, 0) is 6.54 Å². The summed E-state index contributed by atoms with van der Waals surface area (Å²) in [6.07, 6.45) is 0. The van der Waals surface area contributed by atoms with Gasteiger partial charge in [-0.15, -0.1) is 0 Å². The molecule has 0 saturated carbocycles. The molecular formula is C22H19N5O2. The summed E-state index contributed by atoms with van der Waals surface area (Å²) in [6.45, 7) is 2.40. The van der Waals surface area contributed by atoms with Gasteiger partial charge in [0.1, 0.15) is 11.5 Å². The normalized spacial score (nSPS) is 10.7. The molecule has 0 spiro atoms. The van der Waals surface area contributed by atoms with Crippen molar-refractivity contribution in [2.75, 3.05) is 5.32 Å². The van der Waals surface area contributed by atoms with Crippen molar-refractivity contribution in [3.05, 3.63) is 106 Å². The first-order valence-electron chi connectivity index (χ1n) is 9.16. The van der Waals surface area contributed by atoms with Crippen molar-refractivity contribution >= 4 is 11.7 Å². The van der Waals surface area contributed by atoms with E-state index in [9.17, 15) is 9.59 Å². The van der Waals surface area contributed by atoms with Crippen LogP contribution in [0.4, 0.5) is 5.82 Å². The first-order valence-corrected chi connectivity index (χ1v) is 9.16. The molecule has 0 radical (unpaired) electrons. The monoisotopic (exact) mass is 385 g/mol. The largest absolute Gasteiger partial charge is 0.305 e. The van der Waals surface area contributed by atoms with E-state index in [1.165, 1.54) is 16.8 Å². The molecule has 29 heavy (non-hydrogen) atoms. The molecule has 2 aromatic carbocycles. The van der Waals surface area contributed by atoms with E-state index in [1.54, 1.807) is 35.0 Å². The fourth-order valence-electron chi connectivity index (χ4n) is 2.99. The van der Waals surface area contributed by atoms with Gasteiger partial charge in [-0.1, -0.05) is 48.5 Å². The summed E-state index contributed by atoms with van der Waals surface area (Å²) in [5.74, 6) is 0.152. The third kappa shape index (κ3) is 4.14. The molecular weight excluding hydrogens is 366 g/mol. The topological polar surface area (TPSA) is 81.8 Å². The Morgan fingerprint density at radius 2 is 1.62 bits per heavy atom. The van der Waals surface area contributed by atoms with Gasteiger partial charge in [-0.25, -0.2) is 4.68 Å². The Morgan fingerprint density at radius 1 is 0.931 bits per heavy atom. The summed E-state index contributed by atoms with van der Waals surface area (Å²) >= 11 is 0. The zero-order chi connectivity index (χ0) is 20.2. The van der Waals surface area contributed by atoms with Crippen LogP contribution in [-0.4, -0.2) is 25.5 Å². The predicted octanol–water partition coefficient (Wildman–Crippen LogP) is 3.04. The van der Waals surface area contributed by atoms with E-state index in [-0.39, 0.29) is 11.3 Å². The molecule has 2 heterocycles. The molecule has 4 aromatic rings. The molecule has 1 N–H and O–H groups in total. The van der Waals surface area contributed by atoms with Crippen LogP contribution in [0.15, 0.2) is 83.7 Å². The molecule has 0 bridgehead atoms.